The summed E-state index contributed by atoms with van der Waals surface area (Å²) in [7, 11) is 0. The molecule has 0 aliphatic carbocycles. The van der Waals surface area contributed by atoms with Crippen LogP contribution in [0.25, 0.3) is 0 Å². The highest BCUT2D eigenvalue weighted by molar-refractivity contribution is 5.90. The molecule has 3 nitrogen and oxygen atoms in total. The molecule has 0 saturated heterocycles. The van der Waals surface area contributed by atoms with Crippen LogP contribution in [0, 0.1) is 13.8 Å². The van der Waals surface area contributed by atoms with Crippen molar-refractivity contribution in [1.29, 1.82) is 0 Å². The summed E-state index contributed by atoms with van der Waals surface area (Å²) in [6, 6.07) is 5.89. The van der Waals surface area contributed by atoms with Gasteiger partial charge in [0.25, 0.3) is 6.29 Å². The molecular weight excluding hydrogens is 360 g/mol. The molecule has 1 aliphatic heterocycles. The van der Waals surface area contributed by atoms with Gasteiger partial charge in [0.2, 0.25) is 0 Å². The lowest BCUT2D eigenvalue weighted by atomic mass is 10.1. The van der Waals surface area contributed by atoms with Crippen molar-refractivity contribution < 1.29 is 14.3 Å². The van der Waals surface area contributed by atoms with Crippen molar-refractivity contribution in [2.75, 3.05) is 0 Å². The maximum Gasteiger partial charge on any atom is 0.336 e. The Morgan fingerprint density at radius 1 is 0.862 bits per heavy atom. The Morgan fingerprint density at radius 3 is 1.62 bits per heavy atom. The Morgan fingerprint density at radius 2 is 1.31 bits per heavy atom. The molecule has 1 atom stereocenters. The third kappa shape index (κ3) is 19.3. The van der Waals surface area contributed by atoms with E-state index in [1.165, 1.54) is 24.8 Å². The quantitative estimate of drug-likeness (QED) is 0.467. The molecule has 1 heterocycles. The summed E-state index contributed by atoms with van der Waals surface area (Å²) in [6.07, 6.45) is 4.98. The minimum atomic E-state index is -0.589. The molecular formula is C26H50O3. The molecule has 29 heavy (non-hydrogen) atoms. The predicted octanol–water partition coefficient (Wildman–Crippen LogP) is 8.81. The lowest BCUT2D eigenvalue weighted by molar-refractivity contribution is -0.148. The van der Waals surface area contributed by atoms with Crippen molar-refractivity contribution >= 4 is 5.97 Å². The first-order valence-electron chi connectivity index (χ1n) is 11.5. The normalized spacial score (nSPS) is 12.9. The Balaban J connectivity index is -0.000000202. The van der Waals surface area contributed by atoms with Crippen LogP contribution in [0.4, 0.5) is 0 Å². The van der Waals surface area contributed by atoms with E-state index in [0.29, 0.717) is 5.57 Å². The van der Waals surface area contributed by atoms with Gasteiger partial charge in [0, 0.05) is 11.6 Å². The fraction of sp³-hybridized carbons (Fsp3) is 0.654. The lowest BCUT2D eigenvalue weighted by Crippen LogP contribution is -2.16. The lowest BCUT2D eigenvalue weighted by Gasteiger charge is -2.13. The fourth-order valence-corrected chi connectivity index (χ4v) is 1.62. The molecule has 0 radical (unpaired) electrons. The van der Waals surface area contributed by atoms with Gasteiger partial charge in [-0.15, -0.1) is 0 Å². The monoisotopic (exact) mass is 410 g/mol. The van der Waals surface area contributed by atoms with Gasteiger partial charge in [-0.05, 0) is 32.4 Å². The Bertz CT molecular complexity index is 503. The first-order chi connectivity index (χ1) is 13.9. The van der Waals surface area contributed by atoms with Gasteiger partial charge in [0.15, 0.2) is 0 Å². The highest BCUT2D eigenvalue weighted by atomic mass is 16.7. The molecule has 3 heteroatoms. The summed E-state index contributed by atoms with van der Waals surface area (Å²) in [5.74, 6) is 0.434. The molecule has 0 spiro atoms. The van der Waals surface area contributed by atoms with Crippen LogP contribution in [-0.4, -0.2) is 12.3 Å². The summed E-state index contributed by atoms with van der Waals surface area (Å²) < 4.78 is 10.6. The number of benzene rings is 1. The van der Waals surface area contributed by atoms with E-state index in [1.54, 1.807) is 13.0 Å². The van der Waals surface area contributed by atoms with Crippen molar-refractivity contribution in [1.82, 2.24) is 0 Å². The number of carbonyl (C=O) groups is 1. The van der Waals surface area contributed by atoms with Crippen LogP contribution in [0.15, 0.2) is 29.8 Å². The first-order valence-corrected chi connectivity index (χ1v) is 11.5. The summed E-state index contributed by atoms with van der Waals surface area (Å²) in [4.78, 5) is 11.1. The molecule has 1 aliphatic rings. The van der Waals surface area contributed by atoms with E-state index >= 15 is 0 Å². The molecule has 0 N–H and O–H groups in total. The molecule has 172 valence electrons. The summed E-state index contributed by atoms with van der Waals surface area (Å²) >= 11 is 0. The van der Waals surface area contributed by atoms with Gasteiger partial charge in [0.1, 0.15) is 5.75 Å². The highest BCUT2D eigenvalue weighted by Crippen LogP contribution is 2.23. The molecule has 1 unspecified atom stereocenters. The Kier molecular flexibility index (Phi) is 31.4. The van der Waals surface area contributed by atoms with Gasteiger partial charge in [-0.3, -0.25) is 0 Å². The van der Waals surface area contributed by atoms with Crippen LogP contribution in [0.5, 0.6) is 5.75 Å². The second-order valence-electron chi connectivity index (χ2n) is 5.72. The van der Waals surface area contributed by atoms with Crippen molar-refractivity contribution in [2.45, 2.75) is 116 Å². The number of rotatable bonds is 3. The first kappa shape index (κ1) is 34.7. The fourth-order valence-electron chi connectivity index (χ4n) is 1.62. The van der Waals surface area contributed by atoms with Crippen LogP contribution >= 0.6 is 0 Å². The zero-order chi connectivity index (χ0) is 23.8. The van der Waals surface area contributed by atoms with E-state index in [2.05, 4.69) is 27.7 Å². The van der Waals surface area contributed by atoms with E-state index in [9.17, 15) is 4.79 Å². The number of hydrogen-bond donors (Lipinski definition) is 0. The maximum atomic E-state index is 11.1. The average Bonchev–Trinajstić information content (AvgIpc) is 3.06. The van der Waals surface area contributed by atoms with Gasteiger partial charge in [-0.2, -0.15) is 0 Å². The van der Waals surface area contributed by atoms with Crippen LogP contribution < -0.4 is 4.74 Å². The highest BCUT2D eigenvalue weighted by Gasteiger charge is 2.23. The molecule has 1 aromatic carbocycles. The third-order valence-corrected chi connectivity index (χ3v) is 3.00. The van der Waals surface area contributed by atoms with Crippen molar-refractivity contribution in [3.05, 3.63) is 41.0 Å². The molecule has 0 amide bonds. The summed E-state index contributed by atoms with van der Waals surface area (Å²) in [5, 5.41) is 0. The standard InChI is InChI=1S/C13H14O3.C4H10.C3H8.3C2H6/c1-8-4-5-11(9(2)6-8)15-12-7-10(3)13(14)16-12;1-3-4-2;1-3-2;3*1-2/h4-7,12H,1-3H3;3-4H2,1-2H3;3H2,1-2H3;3*1-2H3. The largest absolute Gasteiger partial charge is 0.451 e. The summed E-state index contributed by atoms with van der Waals surface area (Å²) in [5.41, 5.74) is 2.81. The number of carbonyl (C=O) groups excluding carboxylic acids is 1. The molecule has 2 rings (SSSR count). The van der Waals surface area contributed by atoms with Crippen molar-refractivity contribution in [2.24, 2.45) is 0 Å². The average molecular weight is 411 g/mol. The number of ether oxygens (including phenoxy) is 2. The zero-order valence-electron chi connectivity index (χ0n) is 21.7. The Labute approximate surface area is 182 Å². The van der Waals surface area contributed by atoms with E-state index in [1.807, 2.05) is 73.6 Å². The second kappa shape index (κ2) is 26.2. The van der Waals surface area contributed by atoms with Gasteiger partial charge in [-0.1, -0.05) is 106 Å². The SMILES string of the molecule is CC.CC.CC.CC1=CC(Oc2ccc(C)cc2C)OC1=O.CCC.CCCC. The zero-order valence-corrected chi connectivity index (χ0v) is 21.7. The van der Waals surface area contributed by atoms with E-state index < -0.39 is 6.29 Å². The van der Waals surface area contributed by atoms with Crippen LogP contribution in [0.1, 0.15) is 107 Å². The van der Waals surface area contributed by atoms with Crippen molar-refractivity contribution in [3.8, 4) is 5.75 Å². The number of hydrogen-bond acceptors (Lipinski definition) is 3. The van der Waals surface area contributed by atoms with Crippen LogP contribution in [-0.2, 0) is 9.53 Å². The van der Waals surface area contributed by atoms with E-state index in [0.717, 1.165) is 11.3 Å². The van der Waals surface area contributed by atoms with Crippen LogP contribution in [0.3, 0.4) is 0 Å². The van der Waals surface area contributed by atoms with Crippen molar-refractivity contribution in [3.63, 3.8) is 0 Å². The van der Waals surface area contributed by atoms with E-state index in [-0.39, 0.29) is 5.97 Å². The molecule has 1 aromatic rings. The van der Waals surface area contributed by atoms with Crippen LogP contribution in [0.2, 0.25) is 0 Å². The molecule has 0 fully saturated rings. The minimum absolute atomic E-state index is 0.310. The number of esters is 1. The van der Waals surface area contributed by atoms with Gasteiger partial charge in [0.05, 0.1) is 0 Å². The number of unbranched alkanes of at least 4 members (excludes halogenated alkanes) is 1. The number of aryl methyl sites for hydroxylation is 2. The second-order valence-corrected chi connectivity index (χ2v) is 5.72. The van der Waals surface area contributed by atoms with E-state index in [4.69, 9.17) is 9.47 Å². The van der Waals surface area contributed by atoms with Gasteiger partial charge in [-0.25, -0.2) is 4.79 Å². The predicted molar refractivity (Wildman–Crippen MR) is 131 cm³/mol. The molecule has 0 aromatic heterocycles. The Hall–Kier alpha value is -1.77. The van der Waals surface area contributed by atoms with Gasteiger partial charge < -0.3 is 9.47 Å². The minimum Gasteiger partial charge on any atom is -0.451 e. The maximum absolute atomic E-state index is 11.1. The third-order valence-electron chi connectivity index (χ3n) is 3.00. The summed E-state index contributed by atoms with van der Waals surface area (Å²) in [6.45, 7) is 26.3. The molecule has 0 saturated carbocycles. The molecule has 0 bridgehead atoms. The topological polar surface area (TPSA) is 35.5 Å². The number of cyclic esters (lactones) is 1. The smallest absolute Gasteiger partial charge is 0.336 e. The van der Waals surface area contributed by atoms with Gasteiger partial charge >= 0.3 is 5.97 Å².